The van der Waals surface area contributed by atoms with Crippen molar-refractivity contribution < 1.29 is 27.6 Å². The molecule has 1 atom stereocenters. The van der Waals surface area contributed by atoms with Gasteiger partial charge < -0.3 is 14.8 Å². The summed E-state index contributed by atoms with van der Waals surface area (Å²) in [6.45, 7) is 1.94. The number of carbonyl (C=O) groups excluding carboxylic acids is 1. The van der Waals surface area contributed by atoms with Gasteiger partial charge in [-0.05, 0) is 54.4 Å². The molecule has 0 aliphatic carbocycles. The summed E-state index contributed by atoms with van der Waals surface area (Å²) >= 11 is 0. The van der Waals surface area contributed by atoms with Crippen LogP contribution in [0.15, 0.2) is 71.6 Å². The Morgan fingerprint density at radius 2 is 1.66 bits per heavy atom. The number of rotatable bonds is 10. The molecule has 10 nitrogen and oxygen atoms in total. The smallest absolute Gasteiger partial charge is 0.271 e. The van der Waals surface area contributed by atoms with Gasteiger partial charge in [0, 0.05) is 17.7 Å². The van der Waals surface area contributed by atoms with Crippen LogP contribution in [0.4, 0.5) is 11.4 Å². The van der Waals surface area contributed by atoms with Gasteiger partial charge in [-0.1, -0.05) is 19.1 Å². The number of sulfonamides is 1. The third kappa shape index (κ3) is 6.07. The molecule has 0 aliphatic heterocycles. The molecule has 3 aromatic carbocycles. The molecular weight excluding hydrogens is 474 g/mol. The predicted octanol–water partition coefficient (Wildman–Crippen LogP) is 4.29. The van der Waals surface area contributed by atoms with Crippen molar-refractivity contribution in [1.29, 1.82) is 0 Å². The van der Waals surface area contributed by atoms with Crippen LogP contribution in [0.3, 0.4) is 0 Å². The van der Waals surface area contributed by atoms with Gasteiger partial charge in [-0.3, -0.25) is 19.6 Å². The van der Waals surface area contributed by atoms with E-state index in [1.807, 2.05) is 31.2 Å². The number of nitrogens with one attached hydrogen (secondary N) is 2. The molecule has 1 unspecified atom stereocenters. The molecule has 0 spiro atoms. The summed E-state index contributed by atoms with van der Waals surface area (Å²) in [5, 5.41) is 14.0. The van der Waals surface area contributed by atoms with Crippen molar-refractivity contribution in [1.82, 2.24) is 5.32 Å². The van der Waals surface area contributed by atoms with Gasteiger partial charge in [0.05, 0.1) is 35.8 Å². The van der Waals surface area contributed by atoms with Crippen molar-refractivity contribution in [2.45, 2.75) is 24.3 Å². The minimum Gasteiger partial charge on any atom is -0.497 e. The van der Waals surface area contributed by atoms with E-state index in [1.165, 1.54) is 43.5 Å². The number of carbonyl (C=O) groups is 1. The van der Waals surface area contributed by atoms with Crippen LogP contribution in [0.25, 0.3) is 0 Å². The zero-order valence-corrected chi connectivity index (χ0v) is 20.2. The molecule has 3 rings (SSSR count). The number of amides is 1. The lowest BCUT2D eigenvalue weighted by molar-refractivity contribution is -0.384. The summed E-state index contributed by atoms with van der Waals surface area (Å²) in [6, 6.07) is 16.1. The van der Waals surface area contributed by atoms with Crippen molar-refractivity contribution in [3.63, 3.8) is 0 Å². The Bertz CT molecular complexity index is 1310. The lowest BCUT2D eigenvalue weighted by Crippen LogP contribution is -2.28. The third-order valence-corrected chi connectivity index (χ3v) is 6.68. The highest BCUT2D eigenvalue weighted by atomic mass is 32.2. The minimum absolute atomic E-state index is 0.0752. The number of nitro benzene ring substituents is 1. The number of non-ortho nitro benzene ring substituents is 1. The Labute approximate surface area is 203 Å². The molecule has 0 saturated heterocycles. The zero-order valence-electron chi connectivity index (χ0n) is 19.3. The first-order valence-corrected chi connectivity index (χ1v) is 12.1. The SMILES string of the molecule is CCC(NC(=O)c1ccc(S(=O)(=O)Nc2cc([N+](=O)[O-])ccc2OC)cc1)c1ccc(OC)cc1. The highest BCUT2D eigenvalue weighted by Crippen LogP contribution is 2.31. The van der Waals surface area contributed by atoms with E-state index < -0.39 is 14.9 Å². The lowest BCUT2D eigenvalue weighted by atomic mass is 10.0. The van der Waals surface area contributed by atoms with E-state index in [0.717, 1.165) is 11.6 Å². The molecule has 184 valence electrons. The van der Waals surface area contributed by atoms with Crippen molar-refractivity contribution in [2.75, 3.05) is 18.9 Å². The highest BCUT2D eigenvalue weighted by molar-refractivity contribution is 7.92. The van der Waals surface area contributed by atoms with Gasteiger partial charge in [0.2, 0.25) is 0 Å². The molecule has 0 aliphatic rings. The summed E-state index contributed by atoms with van der Waals surface area (Å²) in [5.41, 5.74) is 0.825. The molecule has 1 amide bonds. The first-order valence-electron chi connectivity index (χ1n) is 10.6. The second kappa shape index (κ2) is 10.9. The number of methoxy groups -OCH3 is 2. The average Bonchev–Trinajstić information content (AvgIpc) is 2.87. The Morgan fingerprint density at radius 1 is 1.00 bits per heavy atom. The number of hydrogen-bond donors (Lipinski definition) is 2. The van der Waals surface area contributed by atoms with Crippen molar-refractivity contribution in [2.24, 2.45) is 0 Å². The van der Waals surface area contributed by atoms with Gasteiger partial charge in [-0.2, -0.15) is 0 Å². The van der Waals surface area contributed by atoms with Gasteiger partial charge in [-0.15, -0.1) is 0 Å². The summed E-state index contributed by atoms with van der Waals surface area (Å²) in [6.07, 6.45) is 0.652. The van der Waals surface area contributed by atoms with Crippen LogP contribution < -0.4 is 19.5 Å². The Hall–Kier alpha value is -4.12. The molecule has 0 heterocycles. The lowest BCUT2D eigenvalue weighted by Gasteiger charge is -2.18. The van der Waals surface area contributed by atoms with Crippen LogP contribution in [-0.4, -0.2) is 33.5 Å². The summed E-state index contributed by atoms with van der Waals surface area (Å²) in [7, 11) is -1.21. The van der Waals surface area contributed by atoms with E-state index in [2.05, 4.69) is 10.0 Å². The quantitative estimate of drug-likeness (QED) is 0.313. The first kappa shape index (κ1) is 25.5. The fourth-order valence-electron chi connectivity index (χ4n) is 3.38. The summed E-state index contributed by atoms with van der Waals surface area (Å²) in [5.74, 6) is 0.479. The van der Waals surface area contributed by atoms with Crippen LogP contribution in [0.5, 0.6) is 11.5 Å². The molecule has 0 aromatic heterocycles. The molecule has 0 radical (unpaired) electrons. The topological polar surface area (TPSA) is 137 Å². The van der Waals surface area contributed by atoms with E-state index in [9.17, 15) is 23.3 Å². The molecule has 0 saturated carbocycles. The maximum absolute atomic E-state index is 12.8. The van der Waals surface area contributed by atoms with Crippen molar-refractivity contribution >= 4 is 27.3 Å². The normalized spacial score (nSPS) is 11.9. The van der Waals surface area contributed by atoms with E-state index in [0.29, 0.717) is 12.2 Å². The molecule has 11 heteroatoms. The van der Waals surface area contributed by atoms with Gasteiger partial charge in [0.1, 0.15) is 11.5 Å². The maximum Gasteiger partial charge on any atom is 0.271 e. The van der Waals surface area contributed by atoms with E-state index >= 15 is 0 Å². The molecule has 3 aromatic rings. The number of nitro groups is 1. The fourth-order valence-corrected chi connectivity index (χ4v) is 4.44. The van der Waals surface area contributed by atoms with Gasteiger partial charge in [0.25, 0.3) is 21.6 Å². The van der Waals surface area contributed by atoms with Gasteiger partial charge in [0.15, 0.2) is 0 Å². The summed E-state index contributed by atoms with van der Waals surface area (Å²) in [4.78, 5) is 23.1. The highest BCUT2D eigenvalue weighted by Gasteiger charge is 2.20. The number of benzene rings is 3. The van der Waals surface area contributed by atoms with Crippen LogP contribution in [0, 0.1) is 10.1 Å². The standard InChI is InChI=1S/C24H25N3O7S/c1-4-21(16-5-10-19(33-2)11-6-16)25-24(28)17-7-12-20(13-8-17)35(31,32)26-22-15-18(27(29)30)9-14-23(22)34-3/h5-15,21,26H,4H2,1-3H3,(H,25,28). The van der Waals surface area contributed by atoms with E-state index in [1.54, 1.807) is 7.11 Å². The molecule has 0 fully saturated rings. The van der Waals surface area contributed by atoms with Gasteiger partial charge >= 0.3 is 0 Å². The van der Waals surface area contributed by atoms with Crippen LogP contribution >= 0.6 is 0 Å². The van der Waals surface area contributed by atoms with Crippen LogP contribution in [-0.2, 0) is 10.0 Å². The second-order valence-corrected chi connectivity index (χ2v) is 9.16. The number of hydrogen-bond acceptors (Lipinski definition) is 7. The monoisotopic (exact) mass is 499 g/mol. The predicted molar refractivity (Wildman–Crippen MR) is 130 cm³/mol. The number of nitrogens with zero attached hydrogens (tertiary/aromatic N) is 1. The minimum atomic E-state index is -4.10. The second-order valence-electron chi connectivity index (χ2n) is 7.48. The third-order valence-electron chi connectivity index (χ3n) is 5.30. The van der Waals surface area contributed by atoms with Crippen molar-refractivity contribution in [3.05, 3.63) is 88.0 Å². The fraction of sp³-hybridized carbons (Fsp3) is 0.208. The first-order chi connectivity index (χ1) is 16.7. The van der Waals surface area contributed by atoms with Crippen LogP contribution in [0.1, 0.15) is 35.3 Å². The molecular formula is C24H25N3O7S. The zero-order chi connectivity index (χ0) is 25.6. The van der Waals surface area contributed by atoms with E-state index in [4.69, 9.17) is 9.47 Å². The van der Waals surface area contributed by atoms with E-state index in [-0.39, 0.29) is 39.5 Å². The Morgan fingerprint density at radius 3 is 2.20 bits per heavy atom. The Kier molecular flexibility index (Phi) is 7.92. The summed E-state index contributed by atoms with van der Waals surface area (Å²) < 4.78 is 38.3. The molecule has 0 bridgehead atoms. The van der Waals surface area contributed by atoms with Crippen LogP contribution in [0.2, 0.25) is 0 Å². The molecule has 2 N–H and O–H groups in total. The average molecular weight is 500 g/mol. The van der Waals surface area contributed by atoms with Crippen molar-refractivity contribution in [3.8, 4) is 11.5 Å². The number of anilines is 1. The Balaban J connectivity index is 1.76. The largest absolute Gasteiger partial charge is 0.497 e. The van der Waals surface area contributed by atoms with Gasteiger partial charge in [-0.25, -0.2) is 8.42 Å². The molecule has 35 heavy (non-hydrogen) atoms. The maximum atomic E-state index is 12.8. The number of ether oxygens (including phenoxy) is 2.